The lowest BCUT2D eigenvalue weighted by molar-refractivity contribution is -0.115. The normalized spacial score (nSPS) is 10.3. The Balaban J connectivity index is 1.58. The molecule has 0 aliphatic heterocycles. The lowest BCUT2D eigenvalue weighted by Crippen LogP contribution is -2.15. The number of thiazole rings is 1. The first-order chi connectivity index (χ1) is 12.5. The first kappa shape index (κ1) is 18.0. The zero-order chi connectivity index (χ0) is 18.5. The molecule has 0 saturated heterocycles. The van der Waals surface area contributed by atoms with E-state index in [2.05, 4.69) is 15.6 Å². The molecule has 3 aromatic rings. The first-order valence-corrected chi connectivity index (χ1v) is 9.52. The number of ketones is 1. The number of carbonyl (C=O) groups excluding carboxylic acids is 3. The molecule has 0 aliphatic rings. The highest BCUT2D eigenvalue weighted by atomic mass is 32.1. The highest BCUT2D eigenvalue weighted by Crippen LogP contribution is 2.18. The van der Waals surface area contributed by atoms with E-state index in [9.17, 15) is 14.4 Å². The van der Waals surface area contributed by atoms with Gasteiger partial charge in [0.2, 0.25) is 5.91 Å². The Labute approximate surface area is 157 Å². The number of anilines is 2. The summed E-state index contributed by atoms with van der Waals surface area (Å²) in [6.45, 7) is 1.47. The third kappa shape index (κ3) is 4.62. The van der Waals surface area contributed by atoms with E-state index in [0.29, 0.717) is 27.6 Å². The Morgan fingerprint density at radius 2 is 1.92 bits per heavy atom. The first-order valence-electron chi connectivity index (χ1n) is 7.70. The van der Waals surface area contributed by atoms with E-state index in [1.54, 1.807) is 41.1 Å². The SMILES string of the molecule is CC(=O)c1cccc(NC(=O)Cc2csc(NC(=O)c3ccsc3)n2)c1. The zero-order valence-corrected chi connectivity index (χ0v) is 15.4. The Bertz CT molecular complexity index is 948. The molecule has 26 heavy (non-hydrogen) atoms. The Morgan fingerprint density at radius 1 is 1.08 bits per heavy atom. The van der Waals surface area contributed by atoms with Gasteiger partial charge in [-0.1, -0.05) is 12.1 Å². The predicted molar refractivity (Wildman–Crippen MR) is 103 cm³/mol. The van der Waals surface area contributed by atoms with Crippen molar-refractivity contribution in [1.29, 1.82) is 0 Å². The highest BCUT2D eigenvalue weighted by molar-refractivity contribution is 7.14. The van der Waals surface area contributed by atoms with Crippen molar-refractivity contribution < 1.29 is 14.4 Å². The molecule has 8 heteroatoms. The molecule has 6 nitrogen and oxygen atoms in total. The molecule has 0 radical (unpaired) electrons. The van der Waals surface area contributed by atoms with Crippen molar-refractivity contribution in [3.63, 3.8) is 0 Å². The number of carbonyl (C=O) groups is 3. The molecule has 132 valence electrons. The van der Waals surface area contributed by atoms with Crippen LogP contribution in [0.25, 0.3) is 0 Å². The van der Waals surface area contributed by atoms with Crippen LogP contribution in [0, 0.1) is 0 Å². The van der Waals surface area contributed by atoms with Crippen LogP contribution in [-0.4, -0.2) is 22.6 Å². The average molecular weight is 385 g/mol. The fraction of sp³-hybridized carbons (Fsp3) is 0.111. The number of amides is 2. The zero-order valence-electron chi connectivity index (χ0n) is 13.8. The largest absolute Gasteiger partial charge is 0.326 e. The summed E-state index contributed by atoms with van der Waals surface area (Å²) in [5, 5.41) is 11.2. The van der Waals surface area contributed by atoms with E-state index in [1.165, 1.54) is 29.6 Å². The van der Waals surface area contributed by atoms with Gasteiger partial charge >= 0.3 is 0 Å². The molecule has 0 spiro atoms. The van der Waals surface area contributed by atoms with E-state index < -0.39 is 0 Å². The Hall–Kier alpha value is -2.84. The van der Waals surface area contributed by atoms with Gasteiger partial charge < -0.3 is 5.32 Å². The van der Waals surface area contributed by atoms with Crippen molar-refractivity contribution in [2.24, 2.45) is 0 Å². The fourth-order valence-corrected chi connectivity index (χ4v) is 3.54. The third-order valence-electron chi connectivity index (χ3n) is 3.45. The summed E-state index contributed by atoms with van der Waals surface area (Å²) >= 11 is 2.71. The molecule has 2 heterocycles. The molecule has 2 N–H and O–H groups in total. The van der Waals surface area contributed by atoms with Gasteiger partial charge in [0.05, 0.1) is 17.7 Å². The molecule has 1 aromatic carbocycles. The topological polar surface area (TPSA) is 88.2 Å². The summed E-state index contributed by atoms with van der Waals surface area (Å²) in [6.07, 6.45) is 0.0785. The minimum atomic E-state index is -0.244. The number of Topliss-reactive ketones (excluding diaryl/α,β-unsaturated/α-hetero) is 1. The smallest absolute Gasteiger partial charge is 0.258 e. The molecule has 0 bridgehead atoms. The van der Waals surface area contributed by atoms with Gasteiger partial charge in [-0.25, -0.2) is 4.98 Å². The molecule has 0 aliphatic carbocycles. The van der Waals surface area contributed by atoms with Crippen molar-refractivity contribution in [3.8, 4) is 0 Å². The summed E-state index contributed by atoms with van der Waals surface area (Å²) in [5.74, 6) is -0.532. The van der Waals surface area contributed by atoms with Gasteiger partial charge in [0.15, 0.2) is 10.9 Å². The molecule has 0 saturated carbocycles. The van der Waals surface area contributed by atoms with Crippen molar-refractivity contribution in [2.75, 3.05) is 10.6 Å². The lowest BCUT2D eigenvalue weighted by Gasteiger charge is -2.05. The second-order valence-electron chi connectivity index (χ2n) is 5.47. The second kappa shape index (κ2) is 8.03. The van der Waals surface area contributed by atoms with Gasteiger partial charge in [0.25, 0.3) is 5.91 Å². The molecular formula is C18H15N3O3S2. The van der Waals surface area contributed by atoms with Crippen molar-refractivity contribution >= 4 is 51.1 Å². The molecule has 2 amide bonds. The van der Waals surface area contributed by atoms with E-state index in [4.69, 9.17) is 0 Å². The number of thiophene rings is 1. The number of nitrogens with one attached hydrogen (secondary N) is 2. The summed E-state index contributed by atoms with van der Waals surface area (Å²) in [4.78, 5) is 39.8. The molecule has 3 rings (SSSR count). The summed E-state index contributed by atoms with van der Waals surface area (Å²) in [6, 6.07) is 8.50. The quantitative estimate of drug-likeness (QED) is 0.631. The number of benzene rings is 1. The Kier molecular flexibility index (Phi) is 5.55. The molecule has 0 atom stereocenters. The Morgan fingerprint density at radius 3 is 2.65 bits per heavy atom. The molecular weight excluding hydrogens is 370 g/mol. The van der Waals surface area contributed by atoms with Gasteiger partial charge in [-0.2, -0.15) is 11.3 Å². The van der Waals surface area contributed by atoms with E-state index in [0.717, 1.165) is 0 Å². The van der Waals surface area contributed by atoms with Crippen LogP contribution >= 0.6 is 22.7 Å². The predicted octanol–water partition coefficient (Wildman–Crippen LogP) is 3.84. The van der Waals surface area contributed by atoms with Gasteiger partial charge in [-0.3, -0.25) is 19.7 Å². The minimum absolute atomic E-state index is 0.0633. The highest BCUT2D eigenvalue weighted by Gasteiger charge is 2.12. The van der Waals surface area contributed by atoms with Crippen LogP contribution < -0.4 is 10.6 Å². The van der Waals surface area contributed by atoms with E-state index in [-0.39, 0.29) is 24.0 Å². The van der Waals surface area contributed by atoms with Gasteiger partial charge in [0, 0.05) is 22.0 Å². The van der Waals surface area contributed by atoms with Gasteiger partial charge in [-0.15, -0.1) is 11.3 Å². The van der Waals surface area contributed by atoms with Crippen LogP contribution in [0.4, 0.5) is 10.8 Å². The van der Waals surface area contributed by atoms with E-state index >= 15 is 0 Å². The van der Waals surface area contributed by atoms with Crippen molar-refractivity contribution in [3.05, 3.63) is 63.3 Å². The maximum Gasteiger partial charge on any atom is 0.258 e. The number of rotatable bonds is 6. The molecule has 0 fully saturated rings. The number of hydrogen-bond acceptors (Lipinski definition) is 6. The fourth-order valence-electron chi connectivity index (χ4n) is 2.19. The van der Waals surface area contributed by atoms with Gasteiger partial charge in [0.1, 0.15) is 0 Å². The summed E-state index contributed by atoms with van der Waals surface area (Å²) < 4.78 is 0. The van der Waals surface area contributed by atoms with Crippen molar-refractivity contribution in [1.82, 2.24) is 4.98 Å². The second-order valence-corrected chi connectivity index (χ2v) is 7.11. The van der Waals surface area contributed by atoms with Crippen LogP contribution in [-0.2, 0) is 11.2 Å². The minimum Gasteiger partial charge on any atom is -0.326 e. The maximum absolute atomic E-state index is 12.2. The molecule has 0 unspecified atom stereocenters. The van der Waals surface area contributed by atoms with Crippen LogP contribution in [0.5, 0.6) is 0 Å². The van der Waals surface area contributed by atoms with Crippen molar-refractivity contribution in [2.45, 2.75) is 13.3 Å². The van der Waals surface area contributed by atoms with Crippen LogP contribution in [0.3, 0.4) is 0 Å². The van der Waals surface area contributed by atoms with Crippen LogP contribution in [0.1, 0.15) is 33.3 Å². The average Bonchev–Trinajstić information content (AvgIpc) is 3.27. The number of hydrogen-bond donors (Lipinski definition) is 2. The van der Waals surface area contributed by atoms with E-state index in [1.807, 2.05) is 5.38 Å². The van der Waals surface area contributed by atoms with Crippen LogP contribution in [0.2, 0.25) is 0 Å². The van der Waals surface area contributed by atoms with Crippen LogP contribution in [0.15, 0.2) is 46.5 Å². The summed E-state index contributed by atoms with van der Waals surface area (Å²) in [7, 11) is 0. The van der Waals surface area contributed by atoms with Gasteiger partial charge in [-0.05, 0) is 30.5 Å². The summed E-state index contributed by atoms with van der Waals surface area (Å²) in [5.41, 5.74) is 2.24. The maximum atomic E-state index is 12.2. The monoisotopic (exact) mass is 385 g/mol. The number of aromatic nitrogens is 1. The molecule has 2 aromatic heterocycles. The number of nitrogens with zero attached hydrogens (tertiary/aromatic N) is 1. The standard InChI is InChI=1S/C18H15N3O3S2/c1-11(22)12-3-2-4-14(7-12)19-16(23)8-15-10-26-18(20-15)21-17(24)13-5-6-25-9-13/h2-7,9-10H,8H2,1H3,(H,19,23)(H,20,21,24). The third-order valence-corrected chi connectivity index (χ3v) is 4.94. The lowest BCUT2D eigenvalue weighted by atomic mass is 10.1.